The highest BCUT2D eigenvalue weighted by atomic mass is 16.5. The van der Waals surface area contributed by atoms with Crippen molar-refractivity contribution >= 4 is 5.97 Å². The van der Waals surface area contributed by atoms with Crippen molar-refractivity contribution in [3.63, 3.8) is 0 Å². The normalized spacial score (nSPS) is 39.2. The van der Waals surface area contributed by atoms with Gasteiger partial charge in [0.15, 0.2) is 0 Å². The molecular formula is C18H28O3. The van der Waals surface area contributed by atoms with E-state index in [-0.39, 0.29) is 17.8 Å². The lowest BCUT2D eigenvalue weighted by molar-refractivity contribution is -0.150. The standard InChI is InChI=1S/C18H28O3/c1-6-21-17(19)14-9-10-18(20)15(11(2)3)8-7-12(4)13(5)16(14)18/h9-12,14-16,20H,5-8H2,1-4H3/t12-,14+,15+,16-,18-/m1/s1. The Morgan fingerprint density at radius 3 is 2.76 bits per heavy atom. The Labute approximate surface area is 128 Å². The zero-order chi connectivity index (χ0) is 15.8. The van der Waals surface area contributed by atoms with Crippen LogP contribution in [0.3, 0.4) is 0 Å². The molecular weight excluding hydrogens is 264 g/mol. The fraction of sp³-hybridized carbons (Fsp3) is 0.722. The third-order valence-electron chi connectivity index (χ3n) is 5.33. The van der Waals surface area contributed by atoms with Gasteiger partial charge in [0.25, 0.3) is 0 Å². The smallest absolute Gasteiger partial charge is 0.313 e. The third kappa shape index (κ3) is 2.68. The topological polar surface area (TPSA) is 46.5 Å². The van der Waals surface area contributed by atoms with Crippen molar-refractivity contribution in [2.45, 2.75) is 46.1 Å². The van der Waals surface area contributed by atoms with Gasteiger partial charge in [-0.05, 0) is 37.5 Å². The molecule has 1 saturated carbocycles. The number of carbonyl (C=O) groups excluding carboxylic acids is 1. The minimum absolute atomic E-state index is 0.153. The van der Waals surface area contributed by atoms with Crippen LogP contribution < -0.4 is 0 Å². The van der Waals surface area contributed by atoms with Gasteiger partial charge in [-0.2, -0.15) is 0 Å². The van der Waals surface area contributed by atoms with Crippen LogP contribution in [0.4, 0.5) is 0 Å². The predicted molar refractivity (Wildman–Crippen MR) is 83.6 cm³/mol. The lowest BCUT2D eigenvalue weighted by Crippen LogP contribution is -2.46. The molecule has 5 atom stereocenters. The summed E-state index contributed by atoms with van der Waals surface area (Å²) in [6.45, 7) is 12.8. The molecule has 0 radical (unpaired) electrons. The van der Waals surface area contributed by atoms with Crippen LogP contribution in [0.5, 0.6) is 0 Å². The number of fused-ring (bicyclic) bond motifs is 1. The van der Waals surface area contributed by atoms with E-state index in [1.54, 1.807) is 0 Å². The van der Waals surface area contributed by atoms with E-state index in [1.165, 1.54) is 0 Å². The van der Waals surface area contributed by atoms with Gasteiger partial charge in [-0.3, -0.25) is 4.79 Å². The van der Waals surface area contributed by atoms with Crippen LogP contribution in [0.25, 0.3) is 0 Å². The number of carbonyl (C=O) groups is 1. The first-order chi connectivity index (χ1) is 9.82. The molecule has 0 saturated heterocycles. The Balaban J connectivity index is 2.40. The highest BCUT2D eigenvalue weighted by Crippen LogP contribution is 2.52. The summed E-state index contributed by atoms with van der Waals surface area (Å²) >= 11 is 0. The van der Waals surface area contributed by atoms with E-state index in [0.717, 1.165) is 18.4 Å². The van der Waals surface area contributed by atoms with Gasteiger partial charge in [0.1, 0.15) is 0 Å². The number of rotatable bonds is 3. The maximum Gasteiger partial charge on any atom is 0.313 e. The van der Waals surface area contributed by atoms with Gasteiger partial charge in [0.05, 0.1) is 18.1 Å². The molecule has 2 aliphatic rings. The van der Waals surface area contributed by atoms with Crippen LogP contribution in [0.15, 0.2) is 24.3 Å². The van der Waals surface area contributed by atoms with Crippen LogP contribution in [0.2, 0.25) is 0 Å². The quantitative estimate of drug-likeness (QED) is 0.641. The SMILES string of the molecule is C=C1[C@H](C)CC[C@@H](C(C)C)[C@]2(O)C=C[C@H](C(=O)OCC)[C@@H]12. The molecule has 0 unspecified atom stereocenters. The highest BCUT2D eigenvalue weighted by molar-refractivity contribution is 5.77. The highest BCUT2D eigenvalue weighted by Gasteiger charge is 2.54. The van der Waals surface area contributed by atoms with Gasteiger partial charge >= 0.3 is 5.97 Å². The molecule has 21 heavy (non-hydrogen) atoms. The van der Waals surface area contributed by atoms with Crippen LogP contribution >= 0.6 is 0 Å². The maximum absolute atomic E-state index is 12.3. The molecule has 2 aliphatic carbocycles. The van der Waals surface area contributed by atoms with Crippen LogP contribution in [0.1, 0.15) is 40.5 Å². The summed E-state index contributed by atoms with van der Waals surface area (Å²) in [7, 11) is 0. The number of hydrogen-bond donors (Lipinski definition) is 1. The summed E-state index contributed by atoms with van der Waals surface area (Å²) in [6, 6.07) is 0. The molecule has 0 heterocycles. The molecule has 0 aromatic carbocycles. The molecule has 1 fully saturated rings. The van der Waals surface area contributed by atoms with Gasteiger partial charge < -0.3 is 9.84 Å². The Kier molecular flexibility index (Phi) is 4.62. The average molecular weight is 292 g/mol. The van der Waals surface area contributed by atoms with Crippen molar-refractivity contribution in [3.05, 3.63) is 24.3 Å². The van der Waals surface area contributed by atoms with E-state index in [4.69, 9.17) is 4.74 Å². The molecule has 3 heteroatoms. The fourth-order valence-electron chi connectivity index (χ4n) is 4.12. The maximum atomic E-state index is 12.3. The molecule has 0 aromatic heterocycles. The monoisotopic (exact) mass is 292 g/mol. The van der Waals surface area contributed by atoms with E-state index >= 15 is 0 Å². The summed E-state index contributed by atoms with van der Waals surface area (Å²) < 4.78 is 5.20. The molecule has 0 amide bonds. The molecule has 118 valence electrons. The van der Waals surface area contributed by atoms with Gasteiger partial charge in [-0.25, -0.2) is 0 Å². The summed E-state index contributed by atoms with van der Waals surface area (Å²) in [5.74, 6) is -0.0543. The van der Waals surface area contributed by atoms with Gasteiger partial charge in [-0.1, -0.05) is 45.1 Å². The van der Waals surface area contributed by atoms with E-state index in [0.29, 0.717) is 18.4 Å². The minimum atomic E-state index is -0.965. The minimum Gasteiger partial charge on any atom is -0.466 e. The first-order valence-electron chi connectivity index (χ1n) is 8.10. The second-order valence-electron chi connectivity index (χ2n) is 6.91. The van der Waals surface area contributed by atoms with Crippen LogP contribution in [-0.4, -0.2) is 23.3 Å². The zero-order valence-electron chi connectivity index (χ0n) is 13.6. The Hall–Kier alpha value is -1.09. The summed E-state index contributed by atoms with van der Waals surface area (Å²) in [5.41, 5.74) is 0.0247. The van der Waals surface area contributed by atoms with Crippen molar-refractivity contribution in [1.82, 2.24) is 0 Å². The fourth-order valence-corrected chi connectivity index (χ4v) is 4.12. The van der Waals surface area contributed by atoms with Gasteiger partial charge in [-0.15, -0.1) is 0 Å². The van der Waals surface area contributed by atoms with Crippen molar-refractivity contribution in [1.29, 1.82) is 0 Å². The molecule has 1 N–H and O–H groups in total. The Bertz CT molecular complexity index is 451. The van der Waals surface area contributed by atoms with E-state index in [9.17, 15) is 9.90 Å². The van der Waals surface area contributed by atoms with Gasteiger partial charge in [0, 0.05) is 5.92 Å². The lowest BCUT2D eigenvalue weighted by atomic mass is 9.69. The van der Waals surface area contributed by atoms with E-state index in [1.807, 2.05) is 19.1 Å². The average Bonchev–Trinajstić information content (AvgIpc) is 2.71. The lowest BCUT2D eigenvalue weighted by Gasteiger charge is -2.39. The summed E-state index contributed by atoms with van der Waals surface area (Å²) in [4.78, 5) is 12.3. The molecule has 0 spiro atoms. The second kappa shape index (κ2) is 5.96. The molecule has 3 nitrogen and oxygen atoms in total. The predicted octanol–water partition coefficient (Wildman–Crippen LogP) is 3.34. The van der Waals surface area contributed by atoms with Gasteiger partial charge in [0.2, 0.25) is 0 Å². The summed E-state index contributed by atoms with van der Waals surface area (Å²) in [6.07, 6.45) is 5.66. The van der Waals surface area contributed by atoms with Crippen molar-refractivity contribution in [3.8, 4) is 0 Å². The number of hydrogen-bond acceptors (Lipinski definition) is 3. The Morgan fingerprint density at radius 2 is 2.19 bits per heavy atom. The number of ether oxygens (including phenoxy) is 1. The number of esters is 1. The van der Waals surface area contributed by atoms with E-state index in [2.05, 4.69) is 27.4 Å². The first-order valence-corrected chi connectivity index (χ1v) is 8.10. The number of aliphatic hydroxyl groups is 1. The third-order valence-corrected chi connectivity index (χ3v) is 5.33. The van der Waals surface area contributed by atoms with Crippen molar-refractivity contribution < 1.29 is 14.6 Å². The van der Waals surface area contributed by atoms with E-state index < -0.39 is 11.5 Å². The molecule has 0 bridgehead atoms. The molecule has 2 rings (SSSR count). The molecule has 0 aliphatic heterocycles. The van der Waals surface area contributed by atoms with Crippen molar-refractivity contribution in [2.24, 2.45) is 29.6 Å². The zero-order valence-corrected chi connectivity index (χ0v) is 13.6. The Morgan fingerprint density at radius 1 is 1.52 bits per heavy atom. The largest absolute Gasteiger partial charge is 0.466 e. The van der Waals surface area contributed by atoms with Crippen LogP contribution in [-0.2, 0) is 9.53 Å². The first kappa shape index (κ1) is 16.3. The summed E-state index contributed by atoms with van der Waals surface area (Å²) in [5, 5.41) is 11.3. The second-order valence-corrected chi connectivity index (χ2v) is 6.91. The van der Waals surface area contributed by atoms with Crippen LogP contribution in [0, 0.1) is 29.6 Å². The molecule has 0 aromatic rings. The van der Waals surface area contributed by atoms with Crippen molar-refractivity contribution in [2.75, 3.05) is 6.61 Å².